The molecule has 0 aliphatic rings. The van der Waals surface area contributed by atoms with Gasteiger partial charge in [-0.05, 0) is 32.0 Å². The third-order valence-electron chi connectivity index (χ3n) is 3.36. The van der Waals surface area contributed by atoms with Crippen molar-refractivity contribution in [3.05, 3.63) is 48.0 Å². The third kappa shape index (κ3) is 2.64. The summed E-state index contributed by atoms with van der Waals surface area (Å²) in [6.07, 6.45) is 1.96. The molecule has 21 heavy (non-hydrogen) atoms. The predicted octanol–water partition coefficient (Wildman–Crippen LogP) is 3.25. The minimum atomic E-state index is 0.310. The van der Waals surface area contributed by atoms with Crippen molar-refractivity contribution < 1.29 is 9.15 Å². The molecule has 0 radical (unpaired) electrons. The first-order valence-corrected chi connectivity index (χ1v) is 7.06. The van der Waals surface area contributed by atoms with Crippen molar-refractivity contribution in [1.82, 2.24) is 9.78 Å². The zero-order valence-corrected chi connectivity index (χ0v) is 12.2. The highest BCUT2D eigenvalue weighted by Crippen LogP contribution is 2.33. The van der Waals surface area contributed by atoms with E-state index in [-0.39, 0.29) is 0 Å². The molecular formula is C16H19N3O2. The first-order valence-electron chi connectivity index (χ1n) is 7.06. The Morgan fingerprint density at radius 2 is 2.10 bits per heavy atom. The molecule has 5 heteroatoms. The molecule has 0 fully saturated rings. The van der Waals surface area contributed by atoms with Gasteiger partial charge in [0.2, 0.25) is 0 Å². The number of fused-ring (bicyclic) bond motifs is 1. The molecule has 0 unspecified atom stereocenters. The number of ether oxygens (including phenoxy) is 1. The van der Waals surface area contributed by atoms with Crippen molar-refractivity contribution in [3.63, 3.8) is 0 Å². The highest BCUT2D eigenvalue weighted by molar-refractivity contribution is 5.85. The van der Waals surface area contributed by atoms with Gasteiger partial charge in [-0.1, -0.05) is 12.1 Å². The van der Waals surface area contributed by atoms with Crippen LogP contribution in [0.4, 0.5) is 0 Å². The lowest BCUT2D eigenvalue weighted by atomic mass is 10.2. The molecule has 0 saturated heterocycles. The Morgan fingerprint density at radius 1 is 1.29 bits per heavy atom. The van der Waals surface area contributed by atoms with E-state index in [2.05, 4.69) is 18.9 Å². The zero-order chi connectivity index (χ0) is 14.8. The minimum absolute atomic E-state index is 0.310. The van der Waals surface area contributed by atoms with Gasteiger partial charge in [0, 0.05) is 12.2 Å². The van der Waals surface area contributed by atoms with E-state index >= 15 is 0 Å². The van der Waals surface area contributed by atoms with Crippen molar-refractivity contribution in [3.8, 4) is 5.75 Å². The van der Waals surface area contributed by atoms with Gasteiger partial charge < -0.3 is 14.9 Å². The first kappa shape index (κ1) is 13.7. The average molecular weight is 285 g/mol. The summed E-state index contributed by atoms with van der Waals surface area (Å²) in [4.78, 5) is 0. The standard InChI is InChI=1S/C16H19N3O2/c1-11(2)19-8-7-12(18-19)10-20-16-13-5-3-4-6-14(13)21-15(16)9-17/h3-8,11H,9-10,17H2,1-2H3. The summed E-state index contributed by atoms with van der Waals surface area (Å²) >= 11 is 0. The largest absolute Gasteiger partial charge is 0.483 e. The van der Waals surface area contributed by atoms with E-state index in [1.807, 2.05) is 41.2 Å². The van der Waals surface area contributed by atoms with Gasteiger partial charge >= 0.3 is 0 Å². The van der Waals surface area contributed by atoms with Crippen molar-refractivity contribution in [2.24, 2.45) is 5.73 Å². The van der Waals surface area contributed by atoms with E-state index in [1.165, 1.54) is 0 Å². The zero-order valence-electron chi connectivity index (χ0n) is 12.2. The van der Waals surface area contributed by atoms with Gasteiger partial charge in [-0.2, -0.15) is 5.10 Å². The molecule has 0 amide bonds. The maximum atomic E-state index is 5.91. The lowest BCUT2D eigenvalue weighted by Gasteiger charge is -2.05. The minimum Gasteiger partial charge on any atom is -0.483 e. The highest BCUT2D eigenvalue weighted by atomic mass is 16.5. The molecule has 2 N–H and O–H groups in total. The maximum absolute atomic E-state index is 5.91. The molecule has 5 nitrogen and oxygen atoms in total. The molecule has 0 spiro atoms. The number of benzene rings is 1. The van der Waals surface area contributed by atoms with Crippen LogP contribution in [-0.2, 0) is 13.2 Å². The summed E-state index contributed by atoms with van der Waals surface area (Å²) in [5, 5.41) is 5.42. The smallest absolute Gasteiger partial charge is 0.170 e. The number of nitrogens with two attached hydrogens (primary N) is 1. The topological polar surface area (TPSA) is 66.2 Å². The number of hydrogen-bond acceptors (Lipinski definition) is 4. The van der Waals surface area contributed by atoms with Gasteiger partial charge in [0.25, 0.3) is 0 Å². The second kappa shape index (κ2) is 5.61. The van der Waals surface area contributed by atoms with Crippen LogP contribution in [0, 0.1) is 0 Å². The summed E-state index contributed by atoms with van der Waals surface area (Å²) in [5.74, 6) is 1.38. The SMILES string of the molecule is CC(C)n1ccc(COc2c(CN)oc3ccccc23)n1. The van der Waals surface area contributed by atoms with Crippen LogP contribution in [0.15, 0.2) is 40.9 Å². The Labute approximate surface area is 123 Å². The average Bonchev–Trinajstić information content (AvgIpc) is 3.09. The third-order valence-corrected chi connectivity index (χ3v) is 3.36. The van der Waals surface area contributed by atoms with E-state index in [1.54, 1.807) is 0 Å². The fourth-order valence-electron chi connectivity index (χ4n) is 2.25. The van der Waals surface area contributed by atoms with Crippen LogP contribution in [0.25, 0.3) is 11.0 Å². The summed E-state index contributed by atoms with van der Waals surface area (Å²) in [6, 6.07) is 10.1. The van der Waals surface area contributed by atoms with Crippen LogP contribution in [-0.4, -0.2) is 9.78 Å². The highest BCUT2D eigenvalue weighted by Gasteiger charge is 2.14. The molecule has 110 valence electrons. The fourth-order valence-corrected chi connectivity index (χ4v) is 2.25. The van der Waals surface area contributed by atoms with Gasteiger partial charge in [0.05, 0.1) is 17.6 Å². The number of nitrogens with zero attached hydrogens (tertiary/aromatic N) is 2. The molecule has 0 aliphatic heterocycles. The van der Waals surface area contributed by atoms with Crippen LogP contribution >= 0.6 is 0 Å². The number of aromatic nitrogens is 2. The molecule has 1 aromatic carbocycles. The second-order valence-electron chi connectivity index (χ2n) is 5.22. The van der Waals surface area contributed by atoms with Crippen LogP contribution in [0.2, 0.25) is 0 Å². The van der Waals surface area contributed by atoms with Crippen LogP contribution < -0.4 is 10.5 Å². The summed E-state index contributed by atoms with van der Waals surface area (Å²) in [5.41, 5.74) is 7.41. The quantitative estimate of drug-likeness (QED) is 0.781. The molecule has 2 heterocycles. The molecule has 0 atom stereocenters. The molecule has 3 aromatic rings. The van der Waals surface area contributed by atoms with E-state index in [9.17, 15) is 0 Å². The Balaban J connectivity index is 1.83. The molecule has 0 bridgehead atoms. The Bertz CT molecular complexity index is 743. The lowest BCUT2D eigenvalue weighted by molar-refractivity contribution is 0.292. The second-order valence-corrected chi connectivity index (χ2v) is 5.22. The van der Waals surface area contributed by atoms with Gasteiger partial charge in [0.1, 0.15) is 12.2 Å². The summed E-state index contributed by atoms with van der Waals surface area (Å²) in [6.45, 7) is 4.89. The monoisotopic (exact) mass is 285 g/mol. The van der Waals surface area contributed by atoms with Gasteiger partial charge in [-0.3, -0.25) is 4.68 Å². The van der Waals surface area contributed by atoms with Crippen molar-refractivity contribution in [1.29, 1.82) is 0 Å². The summed E-state index contributed by atoms with van der Waals surface area (Å²) in [7, 11) is 0. The predicted molar refractivity (Wildman–Crippen MR) is 81.0 cm³/mol. The number of hydrogen-bond donors (Lipinski definition) is 1. The van der Waals surface area contributed by atoms with Gasteiger partial charge in [-0.25, -0.2) is 0 Å². The molecular weight excluding hydrogens is 266 g/mol. The van der Waals surface area contributed by atoms with E-state index in [4.69, 9.17) is 14.9 Å². The van der Waals surface area contributed by atoms with Crippen LogP contribution in [0.1, 0.15) is 31.3 Å². The van der Waals surface area contributed by atoms with Crippen molar-refractivity contribution in [2.45, 2.75) is 33.0 Å². The summed E-state index contributed by atoms with van der Waals surface area (Å²) < 4.78 is 13.5. The Morgan fingerprint density at radius 3 is 2.81 bits per heavy atom. The molecule has 0 aliphatic carbocycles. The number of furan rings is 1. The Kier molecular flexibility index (Phi) is 3.66. The Hall–Kier alpha value is -2.27. The molecule has 3 rings (SSSR count). The van der Waals surface area contributed by atoms with Crippen LogP contribution in [0.5, 0.6) is 5.75 Å². The van der Waals surface area contributed by atoms with Gasteiger partial charge in [0.15, 0.2) is 11.5 Å². The first-order chi connectivity index (χ1) is 10.2. The fraction of sp³-hybridized carbons (Fsp3) is 0.312. The molecule has 2 aromatic heterocycles. The van der Waals surface area contributed by atoms with E-state index < -0.39 is 0 Å². The van der Waals surface area contributed by atoms with Crippen molar-refractivity contribution in [2.75, 3.05) is 0 Å². The van der Waals surface area contributed by atoms with Crippen LogP contribution in [0.3, 0.4) is 0 Å². The normalized spacial score (nSPS) is 11.4. The number of rotatable bonds is 5. The lowest BCUT2D eigenvalue weighted by Crippen LogP contribution is -2.04. The van der Waals surface area contributed by atoms with Crippen molar-refractivity contribution >= 4 is 11.0 Å². The van der Waals surface area contributed by atoms with E-state index in [0.29, 0.717) is 30.7 Å². The van der Waals surface area contributed by atoms with E-state index in [0.717, 1.165) is 16.7 Å². The number of para-hydroxylation sites is 1. The molecule has 0 saturated carbocycles. The maximum Gasteiger partial charge on any atom is 0.170 e. The van der Waals surface area contributed by atoms with Gasteiger partial charge in [-0.15, -0.1) is 0 Å².